The first-order chi connectivity index (χ1) is 17.2. The number of benzene rings is 1. The van der Waals surface area contributed by atoms with Crippen LogP contribution in [0.4, 0.5) is 5.69 Å². The predicted octanol–water partition coefficient (Wildman–Crippen LogP) is 3.80. The highest BCUT2D eigenvalue weighted by atomic mass is 16.5. The number of para-hydroxylation sites is 1. The lowest BCUT2D eigenvalue weighted by Gasteiger charge is -2.65. The van der Waals surface area contributed by atoms with Gasteiger partial charge in [-0.05, 0) is 86.8 Å². The number of cyclic esters (lactones) is 1. The monoisotopic (exact) mass is 494 g/mol. The molecule has 4 aliphatic carbocycles. The minimum atomic E-state index is -1.05. The third-order valence-corrected chi connectivity index (χ3v) is 10.9. The fraction of sp³-hybridized carbons (Fsp3) is 0.655. The summed E-state index contributed by atoms with van der Waals surface area (Å²) >= 11 is 0. The van der Waals surface area contributed by atoms with Crippen molar-refractivity contribution in [1.82, 2.24) is 0 Å². The van der Waals surface area contributed by atoms with Crippen molar-refractivity contribution in [1.29, 1.82) is 0 Å². The molecule has 5 aliphatic rings. The van der Waals surface area contributed by atoms with Gasteiger partial charge in [-0.25, -0.2) is 4.79 Å². The fourth-order valence-corrected chi connectivity index (χ4v) is 9.10. The number of hydrogen-bond donors (Lipinski definition) is 4. The molecule has 6 rings (SSSR count). The second kappa shape index (κ2) is 8.40. The number of hydrazone groups is 1. The first-order valence-corrected chi connectivity index (χ1v) is 13.6. The average molecular weight is 495 g/mol. The van der Waals surface area contributed by atoms with Gasteiger partial charge in [0.15, 0.2) is 0 Å². The summed E-state index contributed by atoms with van der Waals surface area (Å²) in [6.45, 7) is 2.54. The summed E-state index contributed by atoms with van der Waals surface area (Å²) in [5.41, 5.74) is 2.16. The number of nitrogens with zero attached hydrogens (tertiary/aromatic N) is 1. The topological polar surface area (TPSA) is 111 Å². The van der Waals surface area contributed by atoms with Gasteiger partial charge >= 0.3 is 5.97 Å². The maximum Gasteiger partial charge on any atom is 0.331 e. The van der Waals surface area contributed by atoms with E-state index in [1.807, 2.05) is 36.5 Å². The van der Waals surface area contributed by atoms with E-state index in [-0.39, 0.29) is 29.1 Å². The highest BCUT2D eigenvalue weighted by Gasteiger charge is 2.71. The third-order valence-electron chi connectivity index (χ3n) is 10.9. The largest absolute Gasteiger partial charge is 0.458 e. The van der Waals surface area contributed by atoms with Crippen LogP contribution < -0.4 is 5.43 Å². The van der Waals surface area contributed by atoms with Gasteiger partial charge in [0.25, 0.3) is 0 Å². The van der Waals surface area contributed by atoms with Crippen molar-refractivity contribution in [3.8, 4) is 0 Å². The van der Waals surface area contributed by atoms with E-state index in [9.17, 15) is 20.1 Å². The molecule has 0 amide bonds. The molecule has 4 N–H and O–H groups in total. The SMILES string of the molecule is C[C@]12CC[C@H]3[C@@H](CC[C@]4(O)C[C@H](O)CC[C@]34/C=N\Nc3ccccc3)[C@]1(O)CC[C@H]2C1=CC(=O)OC1. The lowest BCUT2D eigenvalue weighted by atomic mass is 9.41. The Hall–Kier alpha value is -2.22. The molecule has 0 aromatic heterocycles. The second-order valence-electron chi connectivity index (χ2n) is 12.3. The van der Waals surface area contributed by atoms with Crippen LogP contribution in [0.25, 0.3) is 0 Å². The highest BCUT2D eigenvalue weighted by molar-refractivity contribution is 5.85. The van der Waals surface area contributed by atoms with Gasteiger partial charge in [-0.1, -0.05) is 25.1 Å². The van der Waals surface area contributed by atoms with E-state index >= 15 is 0 Å². The minimum absolute atomic E-state index is 0.0265. The molecule has 4 saturated carbocycles. The Balaban J connectivity index is 1.35. The minimum Gasteiger partial charge on any atom is -0.458 e. The molecule has 1 heterocycles. The molecule has 0 spiro atoms. The van der Waals surface area contributed by atoms with E-state index in [2.05, 4.69) is 17.5 Å². The Labute approximate surface area is 212 Å². The first-order valence-electron chi connectivity index (χ1n) is 13.6. The van der Waals surface area contributed by atoms with Crippen molar-refractivity contribution in [2.75, 3.05) is 12.0 Å². The molecule has 36 heavy (non-hydrogen) atoms. The Morgan fingerprint density at radius 3 is 2.56 bits per heavy atom. The lowest BCUT2D eigenvalue weighted by Crippen LogP contribution is -2.68. The van der Waals surface area contributed by atoms with Crippen LogP contribution in [0, 0.1) is 28.6 Å². The number of ether oxygens (including phenoxy) is 1. The predicted molar refractivity (Wildman–Crippen MR) is 136 cm³/mol. The van der Waals surface area contributed by atoms with E-state index in [1.54, 1.807) is 6.08 Å². The Morgan fingerprint density at radius 1 is 1.03 bits per heavy atom. The van der Waals surface area contributed by atoms with Crippen molar-refractivity contribution in [2.45, 2.75) is 82.0 Å². The van der Waals surface area contributed by atoms with E-state index in [0.29, 0.717) is 38.7 Å². The second-order valence-corrected chi connectivity index (χ2v) is 12.3. The molecule has 7 heteroatoms. The summed E-state index contributed by atoms with van der Waals surface area (Å²) in [5, 5.41) is 39.7. The zero-order chi connectivity index (χ0) is 25.2. The number of carbonyl (C=O) groups is 1. The molecule has 194 valence electrons. The van der Waals surface area contributed by atoms with Crippen LogP contribution in [-0.2, 0) is 9.53 Å². The molecule has 4 fully saturated rings. The summed E-state index contributed by atoms with van der Waals surface area (Å²) in [6, 6.07) is 9.77. The van der Waals surface area contributed by atoms with E-state index in [0.717, 1.165) is 36.9 Å². The molecule has 1 aromatic carbocycles. The Morgan fingerprint density at radius 2 is 1.81 bits per heavy atom. The Kier molecular flexibility index (Phi) is 5.63. The van der Waals surface area contributed by atoms with Crippen LogP contribution in [0.5, 0.6) is 0 Å². The molecular weight excluding hydrogens is 456 g/mol. The van der Waals surface area contributed by atoms with Crippen LogP contribution in [-0.4, -0.2) is 51.4 Å². The molecular formula is C29H38N2O5. The number of fused-ring (bicyclic) bond motifs is 5. The number of aliphatic hydroxyl groups is 3. The highest BCUT2D eigenvalue weighted by Crippen LogP contribution is 2.70. The van der Waals surface area contributed by atoms with Crippen LogP contribution in [0.1, 0.15) is 64.7 Å². The smallest absolute Gasteiger partial charge is 0.331 e. The number of hydrogen-bond acceptors (Lipinski definition) is 7. The van der Waals surface area contributed by atoms with Gasteiger partial charge in [-0.15, -0.1) is 0 Å². The van der Waals surface area contributed by atoms with Crippen molar-refractivity contribution < 1.29 is 24.9 Å². The maximum atomic E-state index is 12.5. The molecule has 0 radical (unpaired) electrons. The van der Waals surface area contributed by atoms with Gasteiger partial charge in [0.1, 0.15) is 6.61 Å². The number of rotatable bonds is 4. The quantitative estimate of drug-likeness (QED) is 0.288. The maximum absolute atomic E-state index is 12.5. The third kappa shape index (κ3) is 3.35. The number of carbonyl (C=O) groups excluding carboxylic acids is 1. The zero-order valence-electron chi connectivity index (χ0n) is 21.0. The Bertz CT molecular complexity index is 1090. The normalized spacial score (nSPS) is 46.0. The summed E-state index contributed by atoms with van der Waals surface area (Å²) in [4.78, 5) is 11.8. The van der Waals surface area contributed by atoms with Crippen molar-refractivity contribution in [3.63, 3.8) is 0 Å². The number of aliphatic hydroxyl groups excluding tert-OH is 1. The fourth-order valence-electron chi connectivity index (χ4n) is 9.10. The zero-order valence-corrected chi connectivity index (χ0v) is 21.0. The van der Waals surface area contributed by atoms with Crippen molar-refractivity contribution in [2.24, 2.45) is 33.7 Å². The van der Waals surface area contributed by atoms with Gasteiger partial charge < -0.3 is 20.1 Å². The van der Waals surface area contributed by atoms with Gasteiger partial charge in [0, 0.05) is 29.5 Å². The molecule has 0 saturated heterocycles. The van der Waals surface area contributed by atoms with Gasteiger partial charge in [0.05, 0.1) is 23.0 Å². The molecule has 0 bridgehead atoms. The van der Waals surface area contributed by atoms with Gasteiger partial charge in [-0.3, -0.25) is 5.43 Å². The number of esters is 1. The molecule has 1 aromatic rings. The summed E-state index contributed by atoms with van der Waals surface area (Å²) in [5.74, 6) is -0.0496. The summed E-state index contributed by atoms with van der Waals surface area (Å²) in [6.07, 6.45) is 9.15. The molecule has 8 atom stereocenters. The number of anilines is 1. The van der Waals surface area contributed by atoms with Gasteiger partial charge in [-0.2, -0.15) is 5.10 Å². The standard InChI is InChI=1S/C29H38N2O5/c1-26-11-8-23-24(29(26,35)14-10-22(26)19-15-25(33)36-17-19)9-13-28(34)16-21(32)7-12-27(23,28)18-30-31-20-5-3-2-4-6-20/h2-6,15,18,21-24,31-32,34-35H,7-14,16-17H2,1H3/b30-18-/t21-,22+,23+,24-,26-,27+,28+,29-/m1/s1. The van der Waals surface area contributed by atoms with E-state index < -0.39 is 22.7 Å². The molecule has 1 aliphatic heterocycles. The van der Waals surface area contributed by atoms with E-state index in [4.69, 9.17) is 4.74 Å². The molecule has 0 unspecified atom stereocenters. The van der Waals surface area contributed by atoms with Crippen LogP contribution in [0.3, 0.4) is 0 Å². The molecule has 7 nitrogen and oxygen atoms in total. The summed E-state index contributed by atoms with van der Waals surface area (Å²) in [7, 11) is 0. The van der Waals surface area contributed by atoms with Crippen LogP contribution in [0.15, 0.2) is 47.1 Å². The van der Waals surface area contributed by atoms with Crippen LogP contribution >= 0.6 is 0 Å². The van der Waals surface area contributed by atoms with Crippen molar-refractivity contribution >= 4 is 17.9 Å². The number of nitrogens with one attached hydrogen (secondary N) is 1. The van der Waals surface area contributed by atoms with Crippen molar-refractivity contribution in [3.05, 3.63) is 42.0 Å². The van der Waals surface area contributed by atoms with E-state index in [1.165, 1.54) is 0 Å². The van der Waals surface area contributed by atoms with Crippen LogP contribution in [0.2, 0.25) is 0 Å². The summed E-state index contributed by atoms with van der Waals surface area (Å²) < 4.78 is 5.24. The van der Waals surface area contributed by atoms with Gasteiger partial charge in [0.2, 0.25) is 0 Å². The average Bonchev–Trinajstić information content (AvgIpc) is 3.40. The lowest BCUT2D eigenvalue weighted by molar-refractivity contribution is -0.237. The first kappa shape index (κ1) is 24.1.